The van der Waals surface area contributed by atoms with Gasteiger partial charge in [-0.25, -0.2) is 0 Å². The van der Waals surface area contributed by atoms with Crippen molar-refractivity contribution in [1.29, 1.82) is 0 Å². The number of fused-ring (bicyclic) bond motifs is 1. The van der Waals surface area contributed by atoms with Gasteiger partial charge in [-0.15, -0.1) is 15.0 Å². The lowest BCUT2D eigenvalue weighted by molar-refractivity contribution is 0.283. The van der Waals surface area contributed by atoms with E-state index in [9.17, 15) is 0 Å². The number of rotatable bonds is 6. The van der Waals surface area contributed by atoms with Gasteiger partial charge in [0.1, 0.15) is 22.5 Å². The Morgan fingerprint density at radius 2 is 1.45 bits per heavy atom. The number of methoxy groups -OCH3 is 1. The SMILES string of the molecule is COc1c(Oc2ccc(C)cc2)cc(C(C)(C)CC(C)(C)C)cc1-n1nc2ccccc2n1. The Bertz CT molecular complexity index is 1230. The highest BCUT2D eigenvalue weighted by atomic mass is 16.5. The molecule has 4 aromatic rings. The van der Waals surface area contributed by atoms with Crippen LogP contribution in [0.15, 0.2) is 60.7 Å². The monoisotopic (exact) mass is 443 g/mol. The average Bonchev–Trinajstić information content (AvgIpc) is 3.17. The molecule has 3 aromatic carbocycles. The van der Waals surface area contributed by atoms with Crippen LogP contribution in [0.25, 0.3) is 16.7 Å². The van der Waals surface area contributed by atoms with Crippen LogP contribution >= 0.6 is 0 Å². The number of nitrogens with zero attached hydrogens (tertiary/aromatic N) is 3. The number of benzene rings is 3. The Kier molecular flexibility index (Phi) is 5.91. The van der Waals surface area contributed by atoms with Crippen molar-refractivity contribution in [2.45, 2.75) is 53.4 Å². The van der Waals surface area contributed by atoms with Gasteiger partial charge in [-0.1, -0.05) is 64.4 Å². The Labute approximate surface area is 196 Å². The summed E-state index contributed by atoms with van der Waals surface area (Å²) in [6.07, 6.45) is 1.00. The third kappa shape index (κ3) is 5.03. The number of aromatic nitrogens is 3. The van der Waals surface area contributed by atoms with Gasteiger partial charge in [-0.05, 0) is 66.1 Å². The van der Waals surface area contributed by atoms with Gasteiger partial charge in [0.2, 0.25) is 0 Å². The summed E-state index contributed by atoms with van der Waals surface area (Å²) in [6, 6.07) is 20.1. The smallest absolute Gasteiger partial charge is 0.189 e. The minimum absolute atomic E-state index is 0.1000. The first-order valence-corrected chi connectivity index (χ1v) is 11.4. The topological polar surface area (TPSA) is 49.2 Å². The zero-order chi connectivity index (χ0) is 23.8. The molecule has 33 heavy (non-hydrogen) atoms. The highest BCUT2D eigenvalue weighted by Gasteiger charge is 2.30. The molecular formula is C28H33N3O2. The van der Waals surface area contributed by atoms with E-state index in [2.05, 4.69) is 53.7 Å². The van der Waals surface area contributed by atoms with Crippen LogP contribution < -0.4 is 9.47 Å². The molecule has 0 aliphatic rings. The zero-order valence-corrected chi connectivity index (χ0v) is 20.6. The molecule has 1 heterocycles. The largest absolute Gasteiger partial charge is 0.491 e. The van der Waals surface area contributed by atoms with Crippen LogP contribution in [-0.4, -0.2) is 22.1 Å². The third-order valence-electron chi connectivity index (χ3n) is 5.74. The van der Waals surface area contributed by atoms with Gasteiger partial charge in [0.15, 0.2) is 11.5 Å². The van der Waals surface area contributed by atoms with Crippen LogP contribution in [0.3, 0.4) is 0 Å². The van der Waals surface area contributed by atoms with Gasteiger partial charge in [0, 0.05) is 0 Å². The summed E-state index contributed by atoms with van der Waals surface area (Å²) in [5, 5.41) is 9.44. The molecule has 0 bridgehead atoms. The molecule has 0 aliphatic carbocycles. The lowest BCUT2D eigenvalue weighted by atomic mass is 9.72. The minimum Gasteiger partial charge on any atom is -0.491 e. The van der Waals surface area contributed by atoms with Crippen molar-refractivity contribution in [1.82, 2.24) is 15.0 Å². The fourth-order valence-corrected chi connectivity index (χ4v) is 4.54. The molecule has 0 atom stereocenters. The summed E-state index contributed by atoms with van der Waals surface area (Å²) in [6.45, 7) is 13.4. The average molecular weight is 444 g/mol. The van der Waals surface area contributed by atoms with E-state index < -0.39 is 0 Å². The van der Waals surface area contributed by atoms with E-state index in [1.807, 2.05) is 48.5 Å². The molecule has 0 unspecified atom stereocenters. The van der Waals surface area contributed by atoms with Crippen LogP contribution in [0.5, 0.6) is 17.2 Å². The van der Waals surface area contributed by atoms with Gasteiger partial charge in [-0.3, -0.25) is 0 Å². The molecule has 0 fully saturated rings. The number of aryl methyl sites for hydroxylation is 1. The maximum Gasteiger partial charge on any atom is 0.189 e. The standard InChI is InChI=1S/C28H33N3O2/c1-19-12-14-21(15-13-19)33-25-17-20(28(5,6)18-27(2,3)4)16-24(26(25)32-7)31-29-22-10-8-9-11-23(22)30-31/h8-17H,18H2,1-7H3. The first-order valence-electron chi connectivity index (χ1n) is 11.4. The van der Waals surface area contributed by atoms with E-state index in [1.165, 1.54) is 5.56 Å². The molecule has 0 radical (unpaired) electrons. The van der Waals surface area contributed by atoms with Crippen molar-refractivity contribution in [3.05, 3.63) is 71.8 Å². The Morgan fingerprint density at radius 1 is 0.848 bits per heavy atom. The number of hydrogen-bond acceptors (Lipinski definition) is 4. The molecular weight excluding hydrogens is 410 g/mol. The maximum atomic E-state index is 6.36. The molecule has 0 aliphatic heterocycles. The lowest BCUT2D eigenvalue weighted by Gasteiger charge is -2.33. The molecule has 5 heteroatoms. The molecule has 4 rings (SSSR count). The van der Waals surface area contributed by atoms with Crippen molar-refractivity contribution >= 4 is 11.0 Å². The van der Waals surface area contributed by atoms with Crippen molar-refractivity contribution in [2.24, 2.45) is 5.41 Å². The highest BCUT2D eigenvalue weighted by Crippen LogP contribution is 2.44. The summed E-state index contributed by atoms with van der Waals surface area (Å²) >= 11 is 0. The van der Waals surface area contributed by atoms with Crippen LogP contribution in [-0.2, 0) is 5.41 Å². The van der Waals surface area contributed by atoms with Gasteiger partial charge >= 0.3 is 0 Å². The van der Waals surface area contributed by atoms with Gasteiger partial charge in [-0.2, -0.15) is 0 Å². The second-order valence-corrected chi connectivity index (χ2v) is 10.5. The van der Waals surface area contributed by atoms with Crippen LogP contribution in [0.2, 0.25) is 0 Å². The minimum atomic E-state index is -0.1000. The fraction of sp³-hybridized carbons (Fsp3) is 0.357. The summed E-state index contributed by atoms with van der Waals surface area (Å²) in [5.41, 5.74) is 4.83. The molecule has 0 N–H and O–H groups in total. The second kappa shape index (κ2) is 8.54. The van der Waals surface area contributed by atoms with E-state index in [4.69, 9.17) is 19.7 Å². The molecule has 0 saturated heterocycles. The van der Waals surface area contributed by atoms with E-state index in [-0.39, 0.29) is 10.8 Å². The van der Waals surface area contributed by atoms with Crippen LogP contribution in [0.1, 0.15) is 52.2 Å². The Balaban J connectivity index is 1.90. The number of ether oxygens (including phenoxy) is 2. The quantitative estimate of drug-likeness (QED) is 0.315. The van der Waals surface area contributed by atoms with Crippen molar-refractivity contribution < 1.29 is 9.47 Å². The normalized spacial score (nSPS) is 12.2. The van der Waals surface area contributed by atoms with E-state index in [0.29, 0.717) is 11.5 Å². The molecule has 172 valence electrons. The Hall–Kier alpha value is -3.34. The first-order chi connectivity index (χ1) is 15.6. The number of hydrogen-bond donors (Lipinski definition) is 0. The molecule has 0 amide bonds. The highest BCUT2D eigenvalue weighted by molar-refractivity contribution is 5.74. The second-order valence-electron chi connectivity index (χ2n) is 10.5. The van der Waals surface area contributed by atoms with Crippen LogP contribution in [0, 0.1) is 12.3 Å². The molecule has 0 saturated carbocycles. The zero-order valence-electron chi connectivity index (χ0n) is 20.6. The maximum absolute atomic E-state index is 6.36. The van der Waals surface area contributed by atoms with Gasteiger partial charge in [0.25, 0.3) is 0 Å². The van der Waals surface area contributed by atoms with E-state index >= 15 is 0 Å². The third-order valence-corrected chi connectivity index (χ3v) is 5.74. The molecule has 0 spiro atoms. The Morgan fingerprint density at radius 3 is 2.00 bits per heavy atom. The van der Waals surface area contributed by atoms with Crippen molar-refractivity contribution in [3.8, 4) is 22.9 Å². The van der Waals surface area contributed by atoms with Crippen molar-refractivity contribution in [2.75, 3.05) is 7.11 Å². The van der Waals surface area contributed by atoms with E-state index in [1.54, 1.807) is 11.9 Å². The predicted octanol–water partition coefficient (Wildman–Crippen LogP) is 7.24. The molecule has 5 nitrogen and oxygen atoms in total. The summed E-state index contributed by atoms with van der Waals surface area (Å²) < 4.78 is 12.2. The fourth-order valence-electron chi connectivity index (χ4n) is 4.54. The summed E-state index contributed by atoms with van der Waals surface area (Å²) in [4.78, 5) is 1.65. The summed E-state index contributed by atoms with van der Waals surface area (Å²) in [5.74, 6) is 2.01. The van der Waals surface area contributed by atoms with Gasteiger partial charge < -0.3 is 9.47 Å². The molecule has 1 aromatic heterocycles. The van der Waals surface area contributed by atoms with E-state index in [0.717, 1.165) is 34.5 Å². The van der Waals surface area contributed by atoms with Crippen LogP contribution in [0.4, 0.5) is 0 Å². The van der Waals surface area contributed by atoms with Gasteiger partial charge in [0.05, 0.1) is 7.11 Å². The predicted molar refractivity (Wildman–Crippen MR) is 134 cm³/mol. The first kappa shape index (κ1) is 22.8. The van der Waals surface area contributed by atoms with Crippen molar-refractivity contribution in [3.63, 3.8) is 0 Å². The summed E-state index contributed by atoms with van der Waals surface area (Å²) in [7, 11) is 1.66. The lowest BCUT2D eigenvalue weighted by Crippen LogP contribution is -2.25.